The predicted octanol–water partition coefficient (Wildman–Crippen LogP) is 2.59. The number of nitrogen functional groups attached to an aromatic ring is 2. The highest BCUT2D eigenvalue weighted by atomic mass is 35.5. The number of esters is 1. The predicted molar refractivity (Wildman–Crippen MR) is 81.5 cm³/mol. The van der Waals surface area contributed by atoms with Gasteiger partial charge in [0.05, 0.1) is 5.69 Å². The molecule has 0 saturated carbocycles. The molecular formula is C14H15ClN4O2. The summed E-state index contributed by atoms with van der Waals surface area (Å²) in [6, 6.07) is 7.04. The number of anilines is 2. The summed E-state index contributed by atoms with van der Waals surface area (Å²) >= 11 is 5.88. The first-order valence-electron chi connectivity index (χ1n) is 6.24. The monoisotopic (exact) mass is 306 g/mol. The first-order chi connectivity index (χ1) is 9.88. The Morgan fingerprint density at radius 2 is 1.86 bits per heavy atom. The van der Waals surface area contributed by atoms with E-state index in [1.54, 1.807) is 31.2 Å². The molecule has 2 rings (SSSR count). The smallest absolute Gasteiger partial charge is 0.303 e. The van der Waals surface area contributed by atoms with Crippen LogP contribution in [-0.2, 0) is 9.53 Å². The molecule has 110 valence electrons. The van der Waals surface area contributed by atoms with E-state index in [0.717, 1.165) is 5.56 Å². The highest BCUT2D eigenvalue weighted by molar-refractivity contribution is 6.30. The Bertz CT molecular complexity index is 673. The molecule has 0 bridgehead atoms. The number of halogens is 1. The number of hydrogen-bond acceptors (Lipinski definition) is 6. The average Bonchev–Trinajstić information content (AvgIpc) is 2.38. The molecule has 0 amide bonds. The van der Waals surface area contributed by atoms with Crippen molar-refractivity contribution >= 4 is 29.3 Å². The second-order valence-corrected chi connectivity index (χ2v) is 4.92. The summed E-state index contributed by atoms with van der Waals surface area (Å²) in [4.78, 5) is 19.3. The van der Waals surface area contributed by atoms with E-state index in [1.165, 1.54) is 6.92 Å². The SMILES string of the molecule is CC(=O)OC(C)c1nc(N)nc(N)c1-c1ccc(Cl)cc1. The lowest BCUT2D eigenvalue weighted by molar-refractivity contribution is -0.145. The average molecular weight is 307 g/mol. The number of benzene rings is 1. The van der Waals surface area contributed by atoms with Crippen LogP contribution in [-0.4, -0.2) is 15.9 Å². The van der Waals surface area contributed by atoms with Gasteiger partial charge in [0.1, 0.15) is 11.9 Å². The minimum absolute atomic E-state index is 0.0271. The third kappa shape index (κ3) is 3.41. The van der Waals surface area contributed by atoms with Gasteiger partial charge in [-0.15, -0.1) is 0 Å². The third-order valence-corrected chi connectivity index (χ3v) is 3.09. The molecule has 0 radical (unpaired) electrons. The fourth-order valence-corrected chi connectivity index (χ4v) is 2.15. The molecule has 0 aliphatic carbocycles. The van der Waals surface area contributed by atoms with E-state index in [0.29, 0.717) is 16.3 Å². The summed E-state index contributed by atoms with van der Waals surface area (Å²) in [6.45, 7) is 3.02. The Balaban J connectivity index is 2.58. The normalized spacial score (nSPS) is 12.0. The highest BCUT2D eigenvalue weighted by Gasteiger charge is 2.20. The van der Waals surface area contributed by atoms with Gasteiger partial charge in [0, 0.05) is 17.5 Å². The molecule has 4 N–H and O–H groups in total. The van der Waals surface area contributed by atoms with Crippen LogP contribution >= 0.6 is 11.6 Å². The zero-order chi connectivity index (χ0) is 15.6. The lowest BCUT2D eigenvalue weighted by Gasteiger charge is -2.17. The minimum Gasteiger partial charge on any atom is -0.456 e. The van der Waals surface area contributed by atoms with Gasteiger partial charge in [-0.25, -0.2) is 4.98 Å². The second-order valence-electron chi connectivity index (χ2n) is 4.49. The molecule has 0 fully saturated rings. The van der Waals surface area contributed by atoms with Gasteiger partial charge < -0.3 is 16.2 Å². The van der Waals surface area contributed by atoms with E-state index < -0.39 is 12.1 Å². The first-order valence-corrected chi connectivity index (χ1v) is 6.62. The number of nitrogens with zero attached hydrogens (tertiary/aromatic N) is 2. The number of carbonyl (C=O) groups is 1. The zero-order valence-corrected chi connectivity index (χ0v) is 12.4. The largest absolute Gasteiger partial charge is 0.456 e. The van der Waals surface area contributed by atoms with Crippen molar-refractivity contribution in [1.82, 2.24) is 9.97 Å². The molecule has 1 aromatic carbocycles. The molecule has 0 aliphatic rings. The number of aromatic nitrogens is 2. The number of ether oxygens (including phenoxy) is 1. The number of hydrogen-bond donors (Lipinski definition) is 2. The van der Waals surface area contributed by atoms with Crippen molar-refractivity contribution in [1.29, 1.82) is 0 Å². The van der Waals surface area contributed by atoms with E-state index in [2.05, 4.69) is 9.97 Å². The molecule has 1 unspecified atom stereocenters. The van der Waals surface area contributed by atoms with Crippen molar-refractivity contribution in [2.24, 2.45) is 0 Å². The Hall–Kier alpha value is -2.34. The Morgan fingerprint density at radius 3 is 2.43 bits per heavy atom. The van der Waals surface area contributed by atoms with Crippen molar-refractivity contribution in [3.05, 3.63) is 35.0 Å². The Labute approximate surface area is 127 Å². The van der Waals surface area contributed by atoms with Crippen LogP contribution in [0.25, 0.3) is 11.1 Å². The minimum atomic E-state index is -0.597. The van der Waals surface area contributed by atoms with Crippen LogP contribution in [0.15, 0.2) is 24.3 Å². The zero-order valence-electron chi connectivity index (χ0n) is 11.6. The van der Waals surface area contributed by atoms with Gasteiger partial charge in [-0.1, -0.05) is 23.7 Å². The fourth-order valence-electron chi connectivity index (χ4n) is 2.03. The molecule has 0 aliphatic heterocycles. The van der Waals surface area contributed by atoms with E-state index in [1.807, 2.05) is 0 Å². The Morgan fingerprint density at radius 1 is 1.24 bits per heavy atom. The maximum absolute atomic E-state index is 11.1. The van der Waals surface area contributed by atoms with Crippen molar-refractivity contribution in [3.8, 4) is 11.1 Å². The van der Waals surface area contributed by atoms with Crippen molar-refractivity contribution < 1.29 is 9.53 Å². The van der Waals surface area contributed by atoms with E-state index in [9.17, 15) is 4.79 Å². The molecule has 0 saturated heterocycles. The Kier molecular flexibility index (Phi) is 4.28. The number of rotatable bonds is 3. The van der Waals surface area contributed by atoms with Crippen molar-refractivity contribution in [2.45, 2.75) is 20.0 Å². The number of carbonyl (C=O) groups excluding carboxylic acids is 1. The van der Waals surface area contributed by atoms with Gasteiger partial charge in [0.25, 0.3) is 0 Å². The molecule has 2 aromatic rings. The molecule has 1 heterocycles. The standard InChI is InChI=1S/C14H15ClN4O2/c1-7(21-8(2)20)12-11(13(16)19-14(17)18-12)9-3-5-10(15)6-4-9/h3-7H,1-2H3,(H4,16,17,18,19). The van der Waals surface area contributed by atoms with Crippen LogP contribution < -0.4 is 11.5 Å². The summed E-state index contributed by atoms with van der Waals surface area (Å²) < 4.78 is 5.17. The van der Waals surface area contributed by atoms with Gasteiger partial charge in [-0.3, -0.25) is 4.79 Å². The van der Waals surface area contributed by atoms with Crippen LogP contribution in [0.5, 0.6) is 0 Å². The third-order valence-electron chi connectivity index (χ3n) is 2.84. The van der Waals surface area contributed by atoms with E-state index in [4.69, 9.17) is 27.8 Å². The topological polar surface area (TPSA) is 104 Å². The van der Waals surface area contributed by atoms with Gasteiger partial charge >= 0.3 is 5.97 Å². The molecular weight excluding hydrogens is 292 g/mol. The lowest BCUT2D eigenvalue weighted by Crippen LogP contribution is -2.12. The molecule has 7 heteroatoms. The number of nitrogens with two attached hydrogens (primary N) is 2. The fraction of sp³-hybridized carbons (Fsp3) is 0.214. The molecule has 21 heavy (non-hydrogen) atoms. The van der Waals surface area contributed by atoms with Crippen LogP contribution in [0.1, 0.15) is 25.6 Å². The molecule has 6 nitrogen and oxygen atoms in total. The van der Waals surface area contributed by atoms with Gasteiger partial charge in [-0.05, 0) is 24.6 Å². The van der Waals surface area contributed by atoms with Crippen LogP contribution in [0.2, 0.25) is 5.02 Å². The summed E-state index contributed by atoms with van der Waals surface area (Å²) in [6.07, 6.45) is -0.597. The molecule has 1 aromatic heterocycles. The summed E-state index contributed by atoms with van der Waals surface area (Å²) in [5, 5.41) is 0.600. The summed E-state index contributed by atoms with van der Waals surface area (Å²) in [7, 11) is 0. The van der Waals surface area contributed by atoms with E-state index in [-0.39, 0.29) is 11.8 Å². The second kappa shape index (κ2) is 5.97. The highest BCUT2D eigenvalue weighted by Crippen LogP contribution is 2.33. The van der Waals surface area contributed by atoms with Crippen LogP contribution in [0.4, 0.5) is 11.8 Å². The maximum atomic E-state index is 11.1. The van der Waals surface area contributed by atoms with Crippen LogP contribution in [0, 0.1) is 0 Å². The molecule has 0 spiro atoms. The van der Waals surface area contributed by atoms with E-state index >= 15 is 0 Å². The van der Waals surface area contributed by atoms with Gasteiger partial charge in [-0.2, -0.15) is 4.98 Å². The van der Waals surface area contributed by atoms with Crippen LogP contribution in [0.3, 0.4) is 0 Å². The first kappa shape index (κ1) is 15.1. The maximum Gasteiger partial charge on any atom is 0.303 e. The molecule has 1 atom stereocenters. The van der Waals surface area contributed by atoms with Gasteiger partial charge in [0.2, 0.25) is 5.95 Å². The van der Waals surface area contributed by atoms with Crippen molar-refractivity contribution in [2.75, 3.05) is 11.5 Å². The van der Waals surface area contributed by atoms with Gasteiger partial charge in [0.15, 0.2) is 0 Å². The quantitative estimate of drug-likeness (QED) is 0.845. The summed E-state index contributed by atoms with van der Waals surface area (Å²) in [5.74, 6) is -0.168. The van der Waals surface area contributed by atoms with Crippen molar-refractivity contribution in [3.63, 3.8) is 0 Å². The summed E-state index contributed by atoms with van der Waals surface area (Å²) in [5.41, 5.74) is 13.4. The lowest BCUT2D eigenvalue weighted by atomic mass is 10.0.